The standard InChI is InChI=1S/C12H12N2O/c1-15-12-5-3-2-4-11(12)7-6-10(8-13)9-14/h2-5,10H,6-7H2,1H3. The highest BCUT2D eigenvalue weighted by Gasteiger charge is 2.07. The molecule has 0 aromatic heterocycles. The third kappa shape index (κ3) is 3.00. The van der Waals surface area contributed by atoms with Crippen molar-refractivity contribution in [3.05, 3.63) is 29.8 Å². The topological polar surface area (TPSA) is 56.8 Å². The van der Waals surface area contributed by atoms with Gasteiger partial charge in [0.2, 0.25) is 0 Å². The molecule has 0 aliphatic rings. The van der Waals surface area contributed by atoms with Gasteiger partial charge in [-0.05, 0) is 24.5 Å². The summed E-state index contributed by atoms with van der Waals surface area (Å²) < 4.78 is 5.18. The number of ether oxygens (including phenoxy) is 1. The van der Waals surface area contributed by atoms with Crippen molar-refractivity contribution in [2.45, 2.75) is 12.8 Å². The van der Waals surface area contributed by atoms with E-state index in [0.29, 0.717) is 12.8 Å². The van der Waals surface area contributed by atoms with Crippen molar-refractivity contribution >= 4 is 0 Å². The monoisotopic (exact) mass is 200 g/mol. The Hall–Kier alpha value is -2.00. The van der Waals surface area contributed by atoms with E-state index in [-0.39, 0.29) is 0 Å². The minimum atomic E-state index is -0.532. The maximum absolute atomic E-state index is 8.63. The molecule has 0 atom stereocenters. The van der Waals surface area contributed by atoms with E-state index >= 15 is 0 Å². The SMILES string of the molecule is COc1ccccc1CCC(C#N)C#N. The van der Waals surface area contributed by atoms with Crippen molar-refractivity contribution < 1.29 is 4.74 Å². The van der Waals surface area contributed by atoms with Gasteiger partial charge in [-0.1, -0.05) is 18.2 Å². The highest BCUT2D eigenvalue weighted by Crippen LogP contribution is 2.20. The fourth-order valence-electron chi connectivity index (χ4n) is 1.37. The smallest absolute Gasteiger partial charge is 0.133 e. The Morgan fingerprint density at radius 3 is 2.53 bits per heavy atom. The van der Waals surface area contributed by atoms with Crippen LogP contribution in [-0.2, 0) is 6.42 Å². The quantitative estimate of drug-likeness (QED) is 0.749. The highest BCUT2D eigenvalue weighted by atomic mass is 16.5. The zero-order chi connectivity index (χ0) is 11.1. The lowest BCUT2D eigenvalue weighted by atomic mass is 10.0. The molecule has 15 heavy (non-hydrogen) atoms. The second-order valence-electron chi connectivity index (χ2n) is 3.16. The van der Waals surface area contributed by atoms with Crippen molar-refractivity contribution in [1.82, 2.24) is 0 Å². The second-order valence-corrected chi connectivity index (χ2v) is 3.16. The molecular weight excluding hydrogens is 188 g/mol. The summed E-state index contributed by atoms with van der Waals surface area (Å²) in [7, 11) is 1.62. The summed E-state index contributed by atoms with van der Waals surface area (Å²) in [6.45, 7) is 0. The zero-order valence-corrected chi connectivity index (χ0v) is 8.60. The van der Waals surface area contributed by atoms with Crippen LogP contribution in [0.2, 0.25) is 0 Å². The largest absolute Gasteiger partial charge is 0.496 e. The molecule has 0 bridgehead atoms. The fraction of sp³-hybridized carbons (Fsp3) is 0.333. The van der Waals surface area contributed by atoms with E-state index in [1.54, 1.807) is 7.11 Å². The molecule has 1 rings (SSSR count). The summed E-state index contributed by atoms with van der Waals surface area (Å²) in [5, 5.41) is 17.3. The van der Waals surface area contributed by atoms with Crippen LogP contribution >= 0.6 is 0 Å². The van der Waals surface area contributed by atoms with Crippen molar-refractivity contribution in [1.29, 1.82) is 10.5 Å². The van der Waals surface area contributed by atoms with Crippen LogP contribution in [0.5, 0.6) is 5.75 Å². The number of hydrogen-bond donors (Lipinski definition) is 0. The van der Waals surface area contributed by atoms with Gasteiger partial charge in [-0.25, -0.2) is 0 Å². The summed E-state index contributed by atoms with van der Waals surface area (Å²) in [5.74, 6) is 0.280. The number of rotatable bonds is 4. The molecule has 76 valence electrons. The molecule has 0 unspecified atom stereocenters. The molecule has 0 spiro atoms. The van der Waals surface area contributed by atoms with Gasteiger partial charge >= 0.3 is 0 Å². The molecule has 0 saturated carbocycles. The number of benzene rings is 1. The van der Waals surface area contributed by atoms with Gasteiger partial charge in [0, 0.05) is 0 Å². The third-order valence-corrected chi connectivity index (χ3v) is 2.21. The van der Waals surface area contributed by atoms with Crippen LogP contribution in [0.4, 0.5) is 0 Å². The minimum absolute atomic E-state index is 0.532. The molecule has 0 aliphatic carbocycles. The van der Waals surface area contributed by atoms with Gasteiger partial charge in [-0.3, -0.25) is 0 Å². The van der Waals surface area contributed by atoms with Crippen LogP contribution in [0, 0.1) is 28.6 Å². The van der Waals surface area contributed by atoms with E-state index in [4.69, 9.17) is 15.3 Å². The van der Waals surface area contributed by atoms with E-state index in [0.717, 1.165) is 11.3 Å². The average molecular weight is 200 g/mol. The average Bonchev–Trinajstić information content (AvgIpc) is 2.31. The first-order valence-electron chi connectivity index (χ1n) is 4.73. The number of aryl methyl sites for hydroxylation is 1. The lowest BCUT2D eigenvalue weighted by molar-refractivity contribution is 0.408. The van der Waals surface area contributed by atoms with Gasteiger partial charge in [0.15, 0.2) is 0 Å². The van der Waals surface area contributed by atoms with Crippen LogP contribution < -0.4 is 4.74 Å². The Labute approximate surface area is 89.5 Å². The number of methoxy groups -OCH3 is 1. The van der Waals surface area contributed by atoms with Gasteiger partial charge in [-0.15, -0.1) is 0 Å². The van der Waals surface area contributed by atoms with Crippen LogP contribution in [-0.4, -0.2) is 7.11 Å². The Kier molecular flexibility index (Phi) is 4.19. The predicted octanol–water partition coefficient (Wildman–Crippen LogP) is 2.29. The summed E-state index contributed by atoms with van der Waals surface area (Å²) >= 11 is 0. The summed E-state index contributed by atoms with van der Waals surface area (Å²) in [6.07, 6.45) is 1.24. The van der Waals surface area contributed by atoms with E-state index < -0.39 is 5.92 Å². The molecule has 1 aromatic carbocycles. The molecule has 0 fully saturated rings. The first-order valence-corrected chi connectivity index (χ1v) is 4.73. The lowest BCUT2D eigenvalue weighted by Gasteiger charge is -2.07. The van der Waals surface area contributed by atoms with E-state index in [1.807, 2.05) is 36.4 Å². The van der Waals surface area contributed by atoms with E-state index in [2.05, 4.69) is 0 Å². The van der Waals surface area contributed by atoms with Crippen molar-refractivity contribution in [3.63, 3.8) is 0 Å². The van der Waals surface area contributed by atoms with E-state index in [1.165, 1.54) is 0 Å². The molecule has 0 heterocycles. The Balaban J connectivity index is 2.66. The predicted molar refractivity (Wildman–Crippen MR) is 56.0 cm³/mol. The van der Waals surface area contributed by atoms with Crippen LogP contribution in [0.15, 0.2) is 24.3 Å². The zero-order valence-electron chi connectivity index (χ0n) is 8.60. The Morgan fingerprint density at radius 1 is 1.27 bits per heavy atom. The van der Waals surface area contributed by atoms with Crippen molar-refractivity contribution in [3.8, 4) is 17.9 Å². The number of nitriles is 2. The van der Waals surface area contributed by atoms with Crippen LogP contribution in [0.1, 0.15) is 12.0 Å². The molecule has 1 aromatic rings. The molecule has 3 heteroatoms. The van der Waals surface area contributed by atoms with Crippen LogP contribution in [0.25, 0.3) is 0 Å². The maximum Gasteiger partial charge on any atom is 0.133 e. The maximum atomic E-state index is 8.63. The molecular formula is C12H12N2O. The summed E-state index contributed by atoms with van der Waals surface area (Å²) in [6, 6.07) is 11.6. The summed E-state index contributed by atoms with van der Waals surface area (Å²) in [5.41, 5.74) is 1.04. The normalized spacial score (nSPS) is 9.33. The van der Waals surface area contributed by atoms with Gasteiger partial charge in [0.05, 0.1) is 19.2 Å². The first kappa shape index (κ1) is 11.1. The molecule has 0 amide bonds. The van der Waals surface area contributed by atoms with Gasteiger partial charge in [-0.2, -0.15) is 10.5 Å². The molecule has 3 nitrogen and oxygen atoms in total. The highest BCUT2D eigenvalue weighted by molar-refractivity contribution is 5.33. The molecule has 0 saturated heterocycles. The third-order valence-electron chi connectivity index (χ3n) is 2.21. The Morgan fingerprint density at radius 2 is 1.93 bits per heavy atom. The van der Waals surface area contributed by atoms with E-state index in [9.17, 15) is 0 Å². The fourth-order valence-corrected chi connectivity index (χ4v) is 1.37. The van der Waals surface area contributed by atoms with Crippen LogP contribution in [0.3, 0.4) is 0 Å². The molecule has 0 aliphatic heterocycles. The second kappa shape index (κ2) is 5.67. The first-order chi connectivity index (χ1) is 7.31. The van der Waals surface area contributed by atoms with Gasteiger partial charge < -0.3 is 4.74 Å². The molecule has 0 N–H and O–H groups in total. The Bertz CT molecular complexity index is 387. The van der Waals surface area contributed by atoms with Gasteiger partial charge in [0.1, 0.15) is 11.7 Å². The lowest BCUT2D eigenvalue weighted by Crippen LogP contribution is -1.98. The van der Waals surface area contributed by atoms with Gasteiger partial charge in [0.25, 0.3) is 0 Å². The van der Waals surface area contributed by atoms with Crippen molar-refractivity contribution in [2.75, 3.05) is 7.11 Å². The summed E-state index contributed by atoms with van der Waals surface area (Å²) in [4.78, 5) is 0. The number of hydrogen-bond acceptors (Lipinski definition) is 3. The number of nitrogens with zero attached hydrogens (tertiary/aromatic N) is 2. The van der Waals surface area contributed by atoms with Crippen molar-refractivity contribution in [2.24, 2.45) is 5.92 Å². The minimum Gasteiger partial charge on any atom is -0.496 e. The number of para-hydroxylation sites is 1. The molecule has 0 radical (unpaired) electrons.